The molecular weight excluding hydrogens is 216 g/mol. The number of hydrogen-bond donors (Lipinski definition) is 1. The summed E-state index contributed by atoms with van der Waals surface area (Å²) in [5.41, 5.74) is 0.337. The van der Waals surface area contributed by atoms with E-state index in [4.69, 9.17) is 0 Å². The van der Waals surface area contributed by atoms with Crippen LogP contribution in [0.5, 0.6) is 0 Å². The smallest absolute Gasteiger partial charge is 0.293 e. The van der Waals surface area contributed by atoms with Gasteiger partial charge in [0, 0.05) is 13.1 Å². The summed E-state index contributed by atoms with van der Waals surface area (Å²) in [7, 11) is 0. The Hall–Kier alpha value is -1.39. The summed E-state index contributed by atoms with van der Waals surface area (Å²) in [5.74, 6) is 0.928. The zero-order valence-electron chi connectivity index (χ0n) is 10.8. The van der Waals surface area contributed by atoms with Crippen molar-refractivity contribution in [2.24, 2.45) is 5.41 Å². The first-order valence-electron chi connectivity index (χ1n) is 6.16. The van der Waals surface area contributed by atoms with Gasteiger partial charge >= 0.3 is 0 Å². The summed E-state index contributed by atoms with van der Waals surface area (Å²) in [6.07, 6.45) is 3.27. The van der Waals surface area contributed by atoms with Gasteiger partial charge in [-0.25, -0.2) is 4.98 Å². The number of carbonyl (C=O) groups excluding carboxylic acids is 1. The lowest BCUT2D eigenvalue weighted by molar-refractivity contribution is 0.0745. The highest BCUT2D eigenvalue weighted by Gasteiger charge is 2.27. The number of aromatic amines is 1. The van der Waals surface area contributed by atoms with E-state index >= 15 is 0 Å². The van der Waals surface area contributed by atoms with E-state index in [-0.39, 0.29) is 5.91 Å². The molecule has 94 valence electrons. The Morgan fingerprint density at radius 2 is 2.12 bits per heavy atom. The minimum atomic E-state index is -0.0490. The van der Waals surface area contributed by atoms with E-state index in [0.717, 1.165) is 25.9 Å². The van der Waals surface area contributed by atoms with Gasteiger partial charge in [0.05, 0.1) is 0 Å². The van der Waals surface area contributed by atoms with Gasteiger partial charge in [0.25, 0.3) is 5.91 Å². The molecule has 0 radical (unpaired) electrons. The SMILES string of the molecule is Cc1nc(C(=O)N2CCCC(C)(C)CC2)n[nH]1. The monoisotopic (exact) mass is 236 g/mol. The van der Waals surface area contributed by atoms with Gasteiger partial charge in [-0.2, -0.15) is 0 Å². The number of nitrogens with one attached hydrogen (secondary N) is 1. The molecule has 1 aromatic rings. The van der Waals surface area contributed by atoms with Crippen LogP contribution >= 0.6 is 0 Å². The number of hydrogen-bond acceptors (Lipinski definition) is 3. The average Bonchev–Trinajstić information content (AvgIpc) is 2.60. The Labute approximate surface area is 102 Å². The first-order valence-corrected chi connectivity index (χ1v) is 6.16. The normalized spacial score (nSPS) is 20.1. The van der Waals surface area contributed by atoms with E-state index in [2.05, 4.69) is 29.0 Å². The molecule has 2 heterocycles. The summed E-state index contributed by atoms with van der Waals surface area (Å²) in [5, 5.41) is 6.64. The molecule has 0 bridgehead atoms. The lowest BCUT2D eigenvalue weighted by Crippen LogP contribution is -2.33. The fraction of sp³-hybridized carbons (Fsp3) is 0.750. The predicted molar refractivity (Wildman–Crippen MR) is 64.7 cm³/mol. The molecule has 1 amide bonds. The number of nitrogens with zero attached hydrogens (tertiary/aromatic N) is 3. The largest absolute Gasteiger partial charge is 0.336 e. The Balaban J connectivity index is 2.05. The van der Waals surface area contributed by atoms with Crippen LogP contribution in [0, 0.1) is 12.3 Å². The number of amides is 1. The Kier molecular flexibility index (Phi) is 3.17. The molecule has 0 aliphatic carbocycles. The van der Waals surface area contributed by atoms with Gasteiger partial charge in [-0.1, -0.05) is 13.8 Å². The van der Waals surface area contributed by atoms with Crippen LogP contribution < -0.4 is 0 Å². The van der Waals surface area contributed by atoms with Crippen molar-refractivity contribution < 1.29 is 4.79 Å². The van der Waals surface area contributed by atoms with Crippen LogP contribution in [0.2, 0.25) is 0 Å². The van der Waals surface area contributed by atoms with Gasteiger partial charge < -0.3 is 4.90 Å². The van der Waals surface area contributed by atoms with E-state index in [9.17, 15) is 4.79 Å². The number of likely N-dealkylation sites (tertiary alicyclic amines) is 1. The maximum absolute atomic E-state index is 12.2. The summed E-state index contributed by atoms with van der Waals surface area (Å²) in [6.45, 7) is 7.94. The van der Waals surface area contributed by atoms with Crippen molar-refractivity contribution in [3.05, 3.63) is 11.6 Å². The molecule has 0 spiro atoms. The minimum absolute atomic E-state index is 0.0490. The number of aromatic nitrogens is 3. The predicted octanol–water partition coefficient (Wildman–Crippen LogP) is 1.77. The second-order valence-corrected chi connectivity index (χ2v) is 5.55. The Morgan fingerprint density at radius 3 is 2.76 bits per heavy atom. The molecule has 1 N–H and O–H groups in total. The molecule has 5 nitrogen and oxygen atoms in total. The summed E-state index contributed by atoms with van der Waals surface area (Å²) < 4.78 is 0. The molecule has 1 aliphatic heterocycles. The zero-order valence-corrected chi connectivity index (χ0v) is 10.8. The molecule has 1 saturated heterocycles. The van der Waals surface area contributed by atoms with Crippen LogP contribution in [0.4, 0.5) is 0 Å². The van der Waals surface area contributed by atoms with Crippen LogP contribution in [-0.2, 0) is 0 Å². The van der Waals surface area contributed by atoms with E-state index in [0.29, 0.717) is 17.1 Å². The molecule has 0 saturated carbocycles. The first kappa shape index (κ1) is 12.1. The van der Waals surface area contributed by atoms with E-state index in [1.807, 2.05) is 4.90 Å². The van der Waals surface area contributed by atoms with Crippen LogP contribution in [0.3, 0.4) is 0 Å². The fourth-order valence-electron chi connectivity index (χ4n) is 2.21. The minimum Gasteiger partial charge on any atom is -0.336 e. The maximum atomic E-state index is 12.2. The highest BCUT2D eigenvalue weighted by molar-refractivity contribution is 5.90. The summed E-state index contributed by atoms with van der Waals surface area (Å²) >= 11 is 0. The van der Waals surface area contributed by atoms with Gasteiger partial charge in [-0.05, 0) is 31.6 Å². The Morgan fingerprint density at radius 1 is 1.35 bits per heavy atom. The van der Waals surface area contributed by atoms with Crippen molar-refractivity contribution in [1.82, 2.24) is 20.1 Å². The van der Waals surface area contributed by atoms with Crippen LogP contribution in [0.15, 0.2) is 0 Å². The van der Waals surface area contributed by atoms with Crippen molar-refractivity contribution in [3.63, 3.8) is 0 Å². The van der Waals surface area contributed by atoms with Gasteiger partial charge in [-0.3, -0.25) is 9.89 Å². The highest BCUT2D eigenvalue weighted by Crippen LogP contribution is 2.29. The second-order valence-electron chi connectivity index (χ2n) is 5.55. The van der Waals surface area contributed by atoms with Gasteiger partial charge in [0.1, 0.15) is 5.82 Å². The number of aryl methyl sites for hydroxylation is 1. The Bertz CT molecular complexity index is 410. The second kappa shape index (κ2) is 4.47. The van der Waals surface area contributed by atoms with Crippen LogP contribution in [0.25, 0.3) is 0 Å². The molecule has 17 heavy (non-hydrogen) atoms. The van der Waals surface area contributed by atoms with Crippen molar-refractivity contribution >= 4 is 5.91 Å². The van der Waals surface area contributed by atoms with Gasteiger partial charge in [0.15, 0.2) is 0 Å². The standard InChI is InChI=1S/C12H20N4O/c1-9-13-10(15-14-9)11(17)16-7-4-5-12(2,3)6-8-16/h4-8H2,1-3H3,(H,13,14,15). The van der Waals surface area contributed by atoms with E-state index in [1.165, 1.54) is 6.42 Å². The topological polar surface area (TPSA) is 61.9 Å². The molecule has 1 aromatic heterocycles. The lowest BCUT2D eigenvalue weighted by atomic mass is 9.85. The molecule has 2 rings (SSSR count). The third-order valence-corrected chi connectivity index (χ3v) is 3.42. The lowest BCUT2D eigenvalue weighted by Gasteiger charge is -2.22. The highest BCUT2D eigenvalue weighted by atomic mass is 16.2. The van der Waals surface area contributed by atoms with E-state index < -0.39 is 0 Å². The molecule has 5 heteroatoms. The third kappa shape index (κ3) is 2.84. The molecule has 1 aliphatic rings. The van der Waals surface area contributed by atoms with Crippen LogP contribution in [-0.4, -0.2) is 39.1 Å². The number of H-pyrrole nitrogens is 1. The third-order valence-electron chi connectivity index (χ3n) is 3.42. The molecular formula is C12H20N4O. The van der Waals surface area contributed by atoms with Crippen molar-refractivity contribution in [2.75, 3.05) is 13.1 Å². The van der Waals surface area contributed by atoms with Crippen molar-refractivity contribution in [2.45, 2.75) is 40.0 Å². The van der Waals surface area contributed by atoms with Gasteiger partial charge in [0.2, 0.25) is 5.82 Å². The van der Waals surface area contributed by atoms with E-state index in [1.54, 1.807) is 6.92 Å². The molecule has 0 unspecified atom stereocenters. The summed E-state index contributed by atoms with van der Waals surface area (Å²) in [4.78, 5) is 18.1. The molecule has 1 fully saturated rings. The van der Waals surface area contributed by atoms with Crippen LogP contribution in [0.1, 0.15) is 49.6 Å². The fourth-order valence-corrected chi connectivity index (χ4v) is 2.21. The molecule has 0 atom stereocenters. The van der Waals surface area contributed by atoms with Crippen molar-refractivity contribution in [3.8, 4) is 0 Å². The number of carbonyl (C=O) groups is 1. The molecule has 0 aromatic carbocycles. The number of rotatable bonds is 1. The van der Waals surface area contributed by atoms with Gasteiger partial charge in [-0.15, -0.1) is 5.10 Å². The summed E-state index contributed by atoms with van der Waals surface area (Å²) in [6, 6.07) is 0. The maximum Gasteiger partial charge on any atom is 0.293 e. The quantitative estimate of drug-likeness (QED) is 0.808. The average molecular weight is 236 g/mol. The first-order chi connectivity index (χ1) is 7.98. The zero-order chi connectivity index (χ0) is 12.5. The van der Waals surface area contributed by atoms with Crippen molar-refractivity contribution in [1.29, 1.82) is 0 Å².